The van der Waals surface area contributed by atoms with Crippen LogP contribution < -0.4 is 10.1 Å². The van der Waals surface area contributed by atoms with E-state index in [1.165, 1.54) is 12.1 Å². The summed E-state index contributed by atoms with van der Waals surface area (Å²) in [5, 5.41) is 11.1. The molecule has 0 saturated carbocycles. The summed E-state index contributed by atoms with van der Waals surface area (Å²) < 4.78 is 43.1. The largest absolute Gasteiger partial charge is 0.483 e. The maximum Gasteiger partial charge on any atom is 0.419 e. The van der Waals surface area contributed by atoms with Crippen molar-refractivity contribution in [3.8, 4) is 5.75 Å². The monoisotopic (exact) mass is 319 g/mol. The average molecular weight is 319 g/mol. The molecule has 0 unspecified atom stereocenters. The lowest BCUT2D eigenvalue weighted by atomic mass is 10.1. The Morgan fingerprint density at radius 1 is 1.27 bits per heavy atom. The molecule has 0 aliphatic carbocycles. The van der Waals surface area contributed by atoms with E-state index >= 15 is 0 Å². The average Bonchev–Trinajstić information content (AvgIpc) is 2.41. The summed E-state index contributed by atoms with van der Waals surface area (Å²) in [6.45, 7) is 2.49. The van der Waals surface area contributed by atoms with Crippen LogP contribution in [0.15, 0.2) is 24.3 Å². The predicted molar refractivity (Wildman–Crippen MR) is 71.3 cm³/mol. The third kappa shape index (κ3) is 4.94. The number of aliphatic carboxylic acids is 1. The normalized spacial score (nSPS) is 12.8. The van der Waals surface area contributed by atoms with Crippen molar-refractivity contribution in [1.82, 2.24) is 5.32 Å². The first kappa shape index (κ1) is 17.8. The van der Waals surface area contributed by atoms with Gasteiger partial charge in [0.05, 0.1) is 5.56 Å². The zero-order chi connectivity index (χ0) is 16.9. The second-order valence-corrected chi connectivity index (χ2v) is 4.91. The zero-order valence-electron chi connectivity index (χ0n) is 12.0. The molecule has 1 atom stereocenters. The molecule has 2 N–H and O–H groups in total. The molecule has 0 bridgehead atoms. The van der Waals surface area contributed by atoms with Crippen LogP contribution in [0.4, 0.5) is 13.2 Å². The molecule has 122 valence electrons. The van der Waals surface area contributed by atoms with Gasteiger partial charge in [-0.2, -0.15) is 13.2 Å². The molecule has 5 nitrogen and oxygen atoms in total. The molecule has 0 saturated heterocycles. The van der Waals surface area contributed by atoms with Gasteiger partial charge < -0.3 is 15.2 Å². The number of halogens is 3. The Kier molecular flexibility index (Phi) is 5.78. The van der Waals surface area contributed by atoms with Crippen LogP contribution in [-0.4, -0.2) is 29.6 Å². The first-order chi connectivity index (χ1) is 10.1. The molecule has 0 aromatic heterocycles. The molecule has 0 aliphatic rings. The standard InChI is InChI=1S/C14H16F3NO4/c1-8(2)12(13(20)21)18-11(19)7-22-10-6-4-3-5-9(10)14(15,16)17/h3-6,8,12H,7H2,1-2H3,(H,18,19)(H,20,21)/t12-/m0/s1. The zero-order valence-corrected chi connectivity index (χ0v) is 12.0. The topological polar surface area (TPSA) is 75.6 Å². The summed E-state index contributed by atoms with van der Waals surface area (Å²) in [5.74, 6) is -2.89. The first-order valence-corrected chi connectivity index (χ1v) is 6.44. The van der Waals surface area contributed by atoms with E-state index in [2.05, 4.69) is 5.32 Å². The van der Waals surface area contributed by atoms with Crippen LogP contribution in [0, 0.1) is 5.92 Å². The van der Waals surface area contributed by atoms with Gasteiger partial charge in [-0.05, 0) is 18.1 Å². The fourth-order valence-electron chi connectivity index (χ4n) is 1.70. The second-order valence-electron chi connectivity index (χ2n) is 4.91. The number of carboxylic acid groups (broad SMARTS) is 1. The minimum atomic E-state index is -4.60. The van der Waals surface area contributed by atoms with Crippen LogP contribution in [0.3, 0.4) is 0 Å². The lowest BCUT2D eigenvalue weighted by molar-refractivity contribution is -0.143. The molecule has 0 fully saturated rings. The molecule has 1 amide bonds. The summed E-state index contributed by atoms with van der Waals surface area (Å²) in [5.41, 5.74) is -0.999. The van der Waals surface area contributed by atoms with Crippen molar-refractivity contribution < 1.29 is 32.6 Å². The van der Waals surface area contributed by atoms with Gasteiger partial charge in [0.25, 0.3) is 5.91 Å². The van der Waals surface area contributed by atoms with Crippen molar-refractivity contribution in [2.75, 3.05) is 6.61 Å². The minimum absolute atomic E-state index is 0.371. The number of carboxylic acids is 1. The van der Waals surface area contributed by atoms with Gasteiger partial charge in [-0.1, -0.05) is 26.0 Å². The Hall–Kier alpha value is -2.25. The highest BCUT2D eigenvalue weighted by Gasteiger charge is 2.34. The van der Waals surface area contributed by atoms with Gasteiger partial charge >= 0.3 is 12.1 Å². The molecule has 8 heteroatoms. The molecule has 0 aliphatic heterocycles. The SMILES string of the molecule is CC(C)[C@H](NC(=O)COc1ccccc1C(F)(F)F)C(=O)O. The number of carbonyl (C=O) groups is 2. The molecule has 22 heavy (non-hydrogen) atoms. The number of hydrogen-bond donors (Lipinski definition) is 2. The lowest BCUT2D eigenvalue weighted by Gasteiger charge is -2.18. The van der Waals surface area contributed by atoms with Gasteiger partial charge in [-0.25, -0.2) is 4.79 Å². The summed E-state index contributed by atoms with van der Waals surface area (Å²) in [4.78, 5) is 22.5. The number of rotatable bonds is 6. The number of nitrogens with one attached hydrogen (secondary N) is 1. The third-order valence-electron chi connectivity index (χ3n) is 2.80. The maximum absolute atomic E-state index is 12.7. The maximum atomic E-state index is 12.7. The van der Waals surface area contributed by atoms with Crippen molar-refractivity contribution >= 4 is 11.9 Å². The van der Waals surface area contributed by atoms with E-state index in [0.717, 1.165) is 12.1 Å². The van der Waals surface area contributed by atoms with E-state index < -0.39 is 42.0 Å². The summed E-state index contributed by atoms with van der Waals surface area (Å²) in [7, 11) is 0. The lowest BCUT2D eigenvalue weighted by Crippen LogP contribution is -2.46. The van der Waals surface area contributed by atoms with Crippen molar-refractivity contribution in [3.63, 3.8) is 0 Å². The summed E-state index contributed by atoms with van der Waals surface area (Å²) >= 11 is 0. The third-order valence-corrected chi connectivity index (χ3v) is 2.80. The number of benzene rings is 1. The fraction of sp³-hybridized carbons (Fsp3) is 0.429. The van der Waals surface area contributed by atoms with E-state index in [1.807, 2.05) is 0 Å². The molecule has 0 heterocycles. The second kappa shape index (κ2) is 7.15. The van der Waals surface area contributed by atoms with Gasteiger partial charge in [-0.3, -0.25) is 4.79 Å². The highest BCUT2D eigenvalue weighted by atomic mass is 19.4. The molecule has 0 radical (unpaired) electrons. The van der Waals surface area contributed by atoms with Gasteiger partial charge in [0.2, 0.25) is 0 Å². The number of hydrogen-bond acceptors (Lipinski definition) is 3. The molecule has 1 rings (SSSR count). The smallest absolute Gasteiger partial charge is 0.419 e. The molecular formula is C14H16F3NO4. The highest BCUT2D eigenvalue weighted by molar-refractivity contribution is 5.84. The Labute approximate surface area is 125 Å². The van der Waals surface area contributed by atoms with E-state index in [-0.39, 0.29) is 5.92 Å². The van der Waals surface area contributed by atoms with E-state index in [4.69, 9.17) is 9.84 Å². The number of carbonyl (C=O) groups excluding carboxylic acids is 1. The van der Waals surface area contributed by atoms with Crippen molar-refractivity contribution in [3.05, 3.63) is 29.8 Å². The predicted octanol–water partition coefficient (Wildman–Crippen LogP) is 2.31. The number of amides is 1. The van der Waals surface area contributed by atoms with Gasteiger partial charge in [0.15, 0.2) is 6.61 Å². The Bertz CT molecular complexity index is 543. The van der Waals surface area contributed by atoms with E-state index in [9.17, 15) is 22.8 Å². The highest BCUT2D eigenvalue weighted by Crippen LogP contribution is 2.35. The summed E-state index contributed by atoms with van der Waals surface area (Å²) in [6.07, 6.45) is -4.60. The number of para-hydroxylation sites is 1. The van der Waals surface area contributed by atoms with Crippen LogP contribution in [0.2, 0.25) is 0 Å². The van der Waals surface area contributed by atoms with Crippen LogP contribution >= 0.6 is 0 Å². The van der Waals surface area contributed by atoms with Crippen LogP contribution in [0.25, 0.3) is 0 Å². The fourth-order valence-corrected chi connectivity index (χ4v) is 1.70. The van der Waals surface area contributed by atoms with Gasteiger partial charge in [-0.15, -0.1) is 0 Å². The Morgan fingerprint density at radius 3 is 2.36 bits per heavy atom. The molecule has 1 aromatic rings. The van der Waals surface area contributed by atoms with Crippen LogP contribution in [0.5, 0.6) is 5.75 Å². The Morgan fingerprint density at radius 2 is 1.86 bits per heavy atom. The van der Waals surface area contributed by atoms with Crippen molar-refractivity contribution in [2.24, 2.45) is 5.92 Å². The molecule has 1 aromatic carbocycles. The number of alkyl halides is 3. The minimum Gasteiger partial charge on any atom is -0.483 e. The van der Waals surface area contributed by atoms with Crippen LogP contribution in [-0.2, 0) is 15.8 Å². The Balaban J connectivity index is 2.71. The van der Waals surface area contributed by atoms with E-state index in [1.54, 1.807) is 13.8 Å². The van der Waals surface area contributed by atoms with Crippen molar-refractivity contribution in [1.29, 1.82) is 0 Å². The van der Waals surface area contributed by atoms with Crippen LogP contribution in [0.1, 0.15) is 19.4 Å². The number of ether oxygens (including phenoxy) is 1. The summed E-state index contributed by atoms with van der Waals surface area (Å²) in [6, 6.07) is 3.34. The van der Waals surface area contributed by atoms with Crippen molar-refractivity contribution in [2.45, 2.75) is 26.1 Å². The van der Waals surface area contributed by atoms with Gasteiger partial charge in [0.1, 0.15) is 11.8 Å². The molecule has 0 spiro atoms. The molecular weight excluding hydrogens is 303 g/mol. The van der Waals surface area contributed by atoms with E-state index in [0.29, 0.717) is 0 Å². The van der Waals surface area contributed by atoms with Gasteiger partial charge in [0, 0.05) is 0 Å². The first-order valence-electron chi connectivity index (χ1n) is 6.44. The quantitative estimate of drug-likeness (QED) is 0.844.